The highest BCUT2D eigenvalue weighted by atomic mass is 16.5. The molecule has 2 amide bonds. The number of aliphatic carboxylic acids is 1. The molecule has 3 N–H and O–H groups in total. The molecule has 0 bridgehead atoms. The summed E-state index contributed by atoms with van der Waals surface area (Å²) in [5.74, 6) is 0.861. The number of carbonyl (C=O) groups is 3. The number of hydrogen-bond acceptors (Lipinski definition) is 4. The Labute approximate surface area is 187 Å². The maximum absolute atomic E-state index is 12.5. The van der Waals surface area contributed by atoms with E-state index in [-0.39, 0.29) is 25.4 Å². The highest BCUT2D eigenvalue weighted by Gasteiger charge is 2.29. The number of carboxylic acid groups (broad SMARTS) is 1. The second kappa shape index (κ2) is 11.0. The second-order valence-electron chi connectivity index (χ2n) is 7.55. The van der Waals surface area contributed by atoms with Gasteiger partial charge >= 0.3 is 12.1 Å². The number of carboxylic acids is 1. The SMILES string of the molecule is C#CCCCNC(=O)C(CCC(=O)O)NC(=O)OCC1c2ccccc2-c2ccccc21. The maximum Gasteiger partial charge on any atom is 0.407 e. The smallest absolute Gasteiger partial charge is 0.407 e. The molecule has 0 radical (unpaired) electrons. The lowest BCUT2D eigenvalue weighted by Crippen LogP contribution is -2.47. The summed E-state index contributed by atoms with van der Waals surface area (Å²) in [5, 5.41) is 14.1. The number of unbranched alkanes of at least 4 members (excludes halogenated alkanes) is 1. The molecule has 0 spiro atoms. The topological polar surface area (TPSA) is 105 Å². The Bertz CT molecular complexity index is 981. The monoisotopic (exact) mass is 434 g/mol. The van der Waals surface area contributed by atoms with Crippen molar-refractivity contribution in [3.05, 3.63) is 59.7 Å². The van der Waals surface area contributed by atoms with Crippen molar-refractivity contribution in [2.45, 2.75) is 37.6 Å². The number of benzene rings is 2. The molecule has 0 aromatic heterocycles. The van der Waals surface area contributed by atoms with Gasteiger partial charge < -0.3 is 20.5 Å². The molecule has 7 nitrogen and oxygen atoms in total. The number of amides is 2. The Morgan fingerprint density at radius 1 is 1.06 bits per heavy atom. The van der Waals surface area contributed by atoms with Gasteiger partial charge in [0.05, 0.1) is 0 Å². The Balaban J connectivity index is 1.61. The minimum Gasteiger partial charge on any atom is -0.481 e. The zero-order chi connectivity index (χ0) is 22.9. The number of hydrogen-bond donors (Lipinski definition) is 3. The lowest BCUT2D eigenvalue weighted by molar-refractivity contribution is -0.137. The molecule has 0 heterocycles. The molecule has 1 aliphatic rings. The number of ether oxygens (including phenoxy) is 1. The molecule has 0 saturated heterocycles. The van der Waals surface area contributed by atoms with E-state index in [0.29, 0.717) is 19.4 Å². The largest absolute Gasteiger partial charge is 0.481 e. The van der Waals surface area contributed by atoms with Crippen LogP contribution < -0.4 is 10.6 Å². The van der Waals surface area contributed by atoms with Crippen LogP contribution in [0, 0.1) is 12.3 Å². The van der Waals surface area contributed by atoms with Crippen LogP contribution in [0.3, 0.4) is 0 Å². The van der Waals surface area contributed by atoms with Crippen molar-refractivity contribution in [1.29, 1.82) is 0 Å². The average Bonchev–Trinajstić information content (AvgIpc) is 3.11. The van der Waals surface area contributed by atoms with Crippen LogP contribution in [0.4, 0.5) is 4.79 Å². The Kier molecular flexibility index (Phi) is 7.87. The number of nitrogens with one attached hydrogen (secondary N) is 2. The fourth-order valence-electron chi connectivity index (χ4n) is 3.84. The van der Waals surface area contributed by atoms with Gasteiger partial charge in [0, 0.05) is 25.3 Å². The first-order valence-electron chi connectivity index (χ1n) is 10.6. The first-order valence-corrected chi connectivity index (χ1v) is 10.6. The minimum absolute atomic E-state index is 0.0412. The summed E-state index contributed by atoms with van der Waals surface area (Å²) in [5.41, 5.74) is 4.39. The summed E-state index contributed by atoms with van der Waals surface area (Å²) >= 11 is 0. The van der Waals surface area contributed by atoms with E-state index in [1.165, 1.54) is 0 Å². The summed E-state index contributed by atoms with van der Waals surface area (Å²) in [6.07, 6.45) is 5.24. The fourth-order valence-corrected chi connectivity index (χ4v) is 3.84. The predicted molar refractivity (Wildman–Crippen MR) is 120 cm³/mol. The molecule has 32 heavy (non-hydrogen) atoms. The minimum atomic E-state index is -1.05. The summed E-state index contributed by atoms with van der Waals surface area (Å²) < 4.78 is 5.47. The standard InChI is InChI=1S/C25H26N2O5/c1-2-3-8-15-26-24(30)22(13-14-23(28)29)27-25(31)32-16-21-19-11-6-4-9-17(19)18-10-5-7-12-20(18)21/h1,4-7,9-12,21-22H,3,8,13-16H2,(H,26,30)(H,27,31)(H,28,29). The zero-order valence-electron chi connectivity index (χ0n) is 17.7. The maximum atomic E-state index is 12.5. The number of alkyl carbamates (subject to hydrolysis) is 1. The highest BCUT2D eigenvalue weighted by Crippen LogP contribution is 2.44. The van der Waals surface area contributed by atoms with Gasteiger partial charge in [-0.25, -0.2) is 4.79 Å². The molecule has 7 heteroatoms. The van der Waals surface area contributed by atoms with Crippen LogP contribution in [0.15, 0.2) is 48.5 Å². The van der Waals surface area contributed by atoms with Gasteiger partial charge in [0.2, 0.25) is 5.91 Å². The van der Waals surface area contributed by atoms with Crippen LogP contribution in [-0.2, 0) is 14.3 Å². The Morgan fingerprint density at radius 2 is 1.69 bits per heavy atom. The van der Waals surface area contributed by atoms with Gasteiger partial charge in [-0.05, 0) is 35.1 Å². The van der Waals surface area contributed by atoms with E-state index in [1.54, 1.807) is 0 Å². The number of carbonyl (C=O) groups excluding carboxylic acids is 2. The molecule has 2 aromatic rings. The fraction of sp³-hybridized carbons (Fsp3) is 0.320. The van der Waals surface area contributed by atoms with Crippen LogP contribution in [-0.4, -0.2) is 42.3 Å². The molecule has 3 rings (SSSR count). The van der Waals surface area contributed by atoms with Crippen LogP contribution in [0.1, 0.15) is 42.7 Å². The zero-order valence-corrected chi connectivity index (χ0v) is 17.7. The lowest BCUT2D eigenvalue weighted by Gasteiger charge is -2.19. The predicted octanol–water partition coefficient (Wildman–Crippen LogP) is 3.29. The van der Waals surface area contributed by atoms with E-state index >= 15 is 0 Å². The van der Waals surface area contributed by atoms with Crippen molar-refractivity contribution in [3.8, 4) is 23.5 Å². The van der Waals surface area contributed by atoms with Gasteiger partial charge in [0.25, 0.3) is 0 Å². The third-order valence-electron chi connectivity index (χ3n) is 5.40. The molecule has 1 unspecified atom stereocenters. The lowest BCUT2D eigenvalue weighted by atomic mass is 9.98. The van der Waals surface area contributed by atoms with Gasteiger partial charge in [0.15, 0.2) is 0 Å². The molecule has 1 atom stereocenters. The van der Waals surface area contributed by atoms with Gasteiger partial charge in [-0.15, -0.1) is 12.3 Å². The van der Waals surface area contributed by atoms with E-state index in [9.17, 15) is 14.4 Å². The molecule has 2 aromatic carbocycles. The number of fused-ring (bicyclic) bond motifs is 3. The molecular weight excluding hydrogens is 408 g/mol. The first kappa shape index (κ1) is 22.9. The molecule has 0 saturated carbocycles. The molecular formula is C25H26N2O5. The summed E-state index contributed by atoms with van der Waals surface area (Å²) in [7, 11) is 0. The molecule has 166 valence electrons. The Hall–Kier alpha value is -3.79. The molecule has 0 aliphatic heterocycles. The van der Waals surface area contributed by atoms with Crippen molar-refractivity contribution in [1.82, 2.24) is 10.6 Å². The summed E-state index contributed by atoms with van der Waals surface area (Å²) in [4.78, 5) is 35.8. The normalized spacial score (nSPS) is 12.7. The van der Waals surface area contributed by atoms with Crippen molar-refractivity contribution in [2.75, 3.05) is 13.2 Å². The highest BCUT2D eigenvalue weighted by molar-refractivity contribution is 5.86. The molecule has 0 fully saturated rings. The number of terminal acetylenes is 1. The molecule has 1 aliphatic carbocycles. The van der Waals surface area contributed by atoms with Crippen molar-refractivity contribution in [2.24, 2.45) is 0 Å². The van der Waals surface area contributed by atoms with Crippen LogP contribution in [0.2, 0.25) is 0 Å². The first-order chi connectivity index (χ1) is 15.5. The second-order valence-corrected chi connectivity index (χ2v) is 7.55. The van der Waals surface area contributed by atoms with Gasteiger partial charge in [-0.2, -0.15) is 0 Å². The third kappa shape index (κ3) is 5.67. The van der Waals surface area contributed by atoms with E-state index in [0.717, 1.165) is 22.3 Å². The van der Waals surface area contributed by atoms with E-state index in [1.807, 2.05) is 48.5 Å². The quantitative estimate of drug-likeness (QED) is 0.393. The van der Waals surface area contributed by atoms with Crippen molar-refractivity contribution in [3.63, 3.8) is 0 Å². The van der Waals surface area contributed by atoms with Crippen molar-refractivity contribution >= 4 is 18.0 Å². The number of rotatable bonds is 10. The van der Waals surface area contributed by atoms with Crippen molar-refractivity contribution < 1.29 is 24.2 Å². The van der Waals surface area contributed by atoms with Gasteiger partial charge in [0.1, 0.15) is 12.6 Å². The van der Waals surface area contributed by atoms with Crippen LogP contribution in [0.25, 0.3) is 11.1 Å². The van der Waals surface area contributed by atoms with Crippen LogP contribution >= 0.6 is 0 Å². The van der Waals surface area contributed by atoms with E-state index < -0.39 is 24.0 Å². The Morgan fingerprint density at radius 3 is 2.28 bits per heavy atom. The summed E-state index contributed by atoms with van der Waals surface area (Å²) in [6.45, 7) is 0.453. The van der Waals surface area contributed by atoms with E-state index in [4.69, 9.17) is 16.3 Å². The third-order valence-corrected chi connectivity index (χ3v) is 5.40. The van der Waals surface area contributed by atoms with E-state index in [2.05, 4.69) is 16.6 Å². The summed E-state index contributed by atoms with van der Waals surface area (Å²) in [6, 6.07) is 15.0. The van der Waals surface area contributed by atoms with Gasteiger partial charge in [-0.1, -0.05) is 48.5 Å². The van der Waals surface area contributed by atoms with Gasteiger partial charge in [-0.3, -0.25) is 9.59 Å². The van der Waals surface area contributed by atoms with Crippen LogP contribution in [0.5, 0.6) is 0 Å². The average molecular weight is 434 g/mol.